The van der Waals surface area contributed by atoms with Gasteiger partial charge in [0.1, 0.15) is 35.9 Å². The lowest BCUT2D eigenvalue weighted by molar-refractivity contribution is -0.244. The van der Waals surface area contributed by atoms with E-state index in [9.17, 15) is 20.1 Å². The highest BCUT2D eigenvalue weighted by Gasteiger charge is 2.46. The number of ether oxygens (including phenoxy) is 2. The molecule has 1 aromatic heterocycles. The van der Waals surface area contributed by atoms with Crippen molar-refractivity contribution in [3.05, 3.63) is 78.4 Å². The van der Waals surface area contributed by atoms with Crippen LogP contribution in [0, 0.1) is 6.92 Å². The number of rotatable bonds is 7. The van der Waals surface area contributed by atoms with Crippen LogP contribution in [0.1, 0.15) is 12.5 Å². The van der Waals surface area contributed by atoms with Gasteiger partial charge in [0.15, 0.2) is 5.82 Å². The molecule has 1 amide bonds. The van der Waals surface area contributed by atoms with Crippen LogP contribution in [0.4, 0.5) is 11.5 Å². The molecule has 0 bridgehead atoms. The first-order valence-corrected chi connectivity index (χ1v) is 12.6. The van der Waals surface area contributed by atoms with E-state index in [0.29, 0.717) is 23.1 Å². The minimum absolute atomic E-state index is 0.373. The van der Waals surface area contributed by atoms with Crippen molar-refractivity contribution >= 4 is 28.3 Å². The standard InChI is InChI=1S/C29H30N4O6/c1-16-10-12-18(13-11-16)27-32-22-9-4-3-8-21(22)28(33-27)31-19-6-5-7-20(14-19)38-29-24(30-17(2)35)26(37)25(36)23(15-34)39-29/h3-14,23-26,29,34,36-37H,15H2,1-2H3,(H,30,35)(H,31,32,33)/t23-,24+,25+,26+,29+/m1/s1. The van der Waals surface area contributed by atoms with E-state index in [1.165, 1.54) is 6.92 Å². The lowest BCUT2D eigenvalue weighted by atomic mass is 9.97. The van der Waals surface area contributed by atoms with Crippen molar-refractivity contribution in [1.29, 1.82) is 0 Å². The Kier molecular flexibility index (Phi) is 7.71. The molecular formula is C29H30N4O6. The Bertz CT molecular complexity index is 1460. The highest BCUT2D eigenvalue weighted by atomic mass is 16.7. The Labute approximate surface area is 225 Å². The van der Waals surface area contributed by atoms with Gasteiger partial charge in [0.05, 0.1) is 12.1 Å². The monoisotopic (exact) mass is 530 g/mol. The van der Waals surface area contributed by atoms with Crippen LogP contribution in [-0.2, 0) is 9.53 Å². The van der Waals surface area contributed by atoms with Gasteiger partial charge in [-0.15, -0.1) is 0 Å². The summed E-state index contributed by atoms with van der Waals surface area (Å²) in [5, 5.41) is 37.2. The maximum atomic E-state index is 11.7. The number of aliphatic hydroxyl groups excluding tert-OH is 3. The predicted molar refractivity (Wildman–Crippen MR) is 145 cm³/mol. The van der Waals surface area contributed by atoms with E-state index in [2.05, 4.69) is 10.6 Å². The molecule has 4 aromatic rings. The van der Waals surface area contributed by atoms with Gasteiger partial charge in [-0.3, -0.25) is 4.79 Å². The first kappa shape index (κ1) is 26.5. The highest BCUT2D eigenvalue weighted by molar-refractivity contribution is 5.92. The van der Waals surface area contributed by atoms with Crippen LogP contribution in [0.15, 0.2) is 72.8 Å². The van der Waals surface area contributed by atoms with Gasteiger partial charge in [-0.2, -0.15) is 0 Å². The Balaban J connectivity index is 1.43. The molecule has 0 saturated carbocycles. The van der Waals surface area contributed by atoms with E-state index in [4.69, 9.17) is 19.4 Å². The number of hydrogen-bond donors (Lipinski definition) is 5. The van der Waals surface area contributed by atoms with Gasteiger partial charge in [-0.25, -0.2) is 9.97 Å². The number of benzene rings is 3. The number of amides is 1. The molecule has 1 aliphatic rings. The molecule has 10 heteroatoms. The summed E-state index contributed by atoms with van der Waals surface area (Å²) in [6, 6.07) is 21.7. The summed E-state index contributed by atoms with van der Waals surface area (Å²) in [4.78, 5) is 21.3. The quantitative estimate of drug-likeness (QED) is 0.243. The number of anilines is 2. The summed E-state index contributed by atoms with van der Waals surface area (Å²) in [5.41, 5.74) is 3.49. The molecule has 39 heavy (non-hydrogen) atoms. The largest absolute Gasteiger partial charge is 0.462 e. The van der Waals surface area contributed by atoms with E-state index in [-0.39, 0.29) is 0 Å². The van der Waals surface area contributed by atoms with E-state index in [1.54, 1.807) is 18.2 Å². The lowest BCUT2D eigenvalue weighted by Gasteiger charge is -2.42. The van der Waals surface area contributed by atoms with Gasteiger partial charge < -0.3 is 35.4 Å². The number of nitrogens with one attached hydrogen (secondary N) is 2. The zero-order chi connectivity index (χ0) is 27.5. The number of aliphatic hydroxyl groups is 3. The zero-order valence-corrected chi connectivity index (χ0v) is 21.5. The van der Waals surface area contributed by atoms with Crippen LogP contribution in [0.25, 0.3) is 22.3 Å². The van der Waals surface area contributed by atoms with Gasteiger partial charge in [-0.1, -0.05) is 48.0 Å². The van der Waals surface area contributed by atoms with E-state index < -0.39 is 43.2 Å². The van der Waals surface area contributed by atoms with E-state index in [0.717, 1.165) is 22.0 Å². The third-order valence-corrected chi connectivity index (χ3v) is 6.51. The van der Waals surface area contributed by atoms with Crippen molar-refractivity contribution in [3.8, 4) is 17.1 Å². The summed E-state index contributed by atoms with van der Waals surface area (Å²) in [6.07, 6.45) is -5.04. The molecule has 10 nitrogen and oxygen atoms in total. The third kappa shape index (κ3) is 5.84. The lowest BCUT2D eigenvalue weighted by Crippen LogP contribution is -2.65. The molecule has 5 N–H and O–H groups in total. The number of carbonyl (C=O) groups excluding carboxylic acids is 1. The topological polar surface area (TPSA) is 146 Å². The van der Waals surface area contributed by atoms with Gasteiger partial charge in [0, 0.05) is 29.6 Å². The van der Waals surface area contributed by atoms with Crippen LogP contribution in [0.3, 0.4) is 0 Å². The van der Waals surface area contributed by atoms with Crippen LogP contribution >= 0.6 is 0 Å². The van der Waals surface area contributed by atoms with Crippen molar-refractivity contribution in [1.82, 2.24) is 15.3 Å². The Morgan fingerprint density at radius 1 is 1.00 bits per heavy atom. The second kappa shape index (κ2) is 11.3. The predicted octanol–water partition coefficient (Wildman–Crippen LogP) is 2.67. The normalized spacial score (nSPS) is 22.8. The van der Waals surface area contributed by atoms with Crippen molar-refractivity contribution in [2.75, 3.05) is 11.9 Å². The first-order valence-electron chi connectivity index (χ1n) is 12.6. The second-order valence-electron chi connectivity index (χ2n) is 9.48. The maximum Gasteiger partial charge on any atom is 0.223 e. The van der Waals surface area contributed by atoms with Crippen molar-refractivity contribution < 1.29 is 29.6 Å². The maximum absolute atomic E-state index is 11.7. The van der Waals surface area contributed by atoms with Crippen molar-refractivity contribution in [3.63, 3.8) is 0 Å². The summed E-state index contributed by atoms with van der Waals surface area (Å²) >= 11 is 0. The van der Waals surface area contributed by atoms with Crippen molar-refractivity contribution in [2.24, 2.45) is 0 Å². The molecule has 1 aliphatic heterocycles. The van der Waals surface area contributed by atoms with Crippen molar-refractivity contribution in [2.45, 2.75) is 44.5 Å². The fraction of sp³-hybridized carbons (Fsp3) is 0.276. The molecular weight excluding hydrogens is 500 g/mol. The average Bonchev–Trinajstić information content (AvgIpc) is 2.93. The number of aryl methyl sites for hydroxylation is 1. The van der Waals surface area contributed by atoms with Gasteiger partial charge in [-0.05, 0) is 31.2 Å². The molecule has 0 aliphatic carbocycles. The molecule has 0 radical (unpaired) electrons. The molecule has 5 rings (SSSR count). The fourth-order valence-electron chi connectivity index (χ4n) is 4.49. The van der Waals surface area contributed by atoms with Crippen LogP contribution in [-0.4, -0.2) is 68.4 Å². The first-order chi connectivity index (χ1) is 18.8. The Morgan fingerprint density at radius 3 is 2.51 bits per heavy atom. The van der Waals surface area contributed by atoms with E-state index >= 15 is 0 Å². The molecule has 0 spiro atoms. The number of fused-ring (bicyclic) bond motifs is 1. The van der Waals surface area contributed by atoms with Crippen LogP contribution in [0.5, 0.6) is 5.75 Å². The number of carbonyl (C=O) groups is 1. The molecule has 5 atom stereocenters. The summed E-state index contributed by atoms with van der Waals surface area (Å²) in [6.45, 7) is 2.78. The molecule has 0 unspecified atom stereocenters. The average molecular weight is 531 g/mol. The minimum atomic E-state index is -1.40. The second-order valence-corrected chi connectivity index (χ2v) is 9.48. The number of aromatic nitrogens is 2. The highest BCUT2D eigenvalue weighted by Crippen LogP contribution is 2.30. The Hall–Kier alpha value is -4.09. The van der Waals surface area contributed by atoms with Gasteiger partial charge >= 0.3 is 0 Å². The SMILES string of the molecule is CC(=O)N[C@@H]1[C@@H](Oc2cccc(Nc3nc(-c4ccc(C)cc4)nc4ccccc34)c2)O[C@H](CO)[C@H](O)[C@H]1O. The van der Waals surface area contributed by atoms with E-state index in [1.807, 2.05) is 61.5 Å². The molecule has 1 saturated heterocycles. The van der Waals surface area contributed by atoms with Crippen LogP contribution < -0.4 is 15.4 Å². The zero-order valence-electron chi connectivity index (χ0n) is 21.5. The molecule has 1 fully saturated rings. The Morgan fingerprint density at radius 2 is 1.77 bits per heavy atom. The van der Waals surface area contributed by atoms with Gasteiger partial charge in [0.25, 0.3) is 0 Å². The summed E-state index contributed by atoms with van der Waals surface area (Å²) in [7, 11) is 0. The smallest absolute Gasteiger partial charge is 0.223 e. The number of para-hydroxylation sites is 1. The van der Waals surface area contributed by atoms with Crippen LogP contribution in [0.2, 0.25) is 0 Å². The van der Waals surface area contributed by atoms with Gasteiger partial charge in [0.2, 0.25) is 12.2 Å². The molecule has 202 valence electrons. The minimum Gasteiger partial charge on any atom is -0.462 e. The third-order valence-electron chi connectivity index (χ3n) is 6.51. The molecule has 3 aromatic carbocycles. The number of hydrogen-bond acceptors (Lipinski definition) is 9. The fourth-order valence-corrected chi connectivity index (χ4v) is 4.49. The molecule has 2 heterocycles. The summed E-state index contributed by atoms with van der Waals surface area (Å²) in [5.74, 6) is 1.14. The summed E-state index contributed by atoms with van der Waals surface area (Å²) < 4.78 is 11.7. The number of nitrogens with zero attached hydrogens (tertiary/aromatic N) is 2.